The molecule has 10 heteroatoms. The summed E-state index contributed by atoms with van der Waals surface area (Å²) in [5.74, 6) is -1.55. The van der Waals surface area contributed by atoms with E-state index >= 15 is 0 Å². The molecule has 1 aliphatic rings. The van der Waals surface area contributed by atoms with Crippen molar-refractivity contribution in [3.05, 3.63) is 62.2 Å². The summed E-state index contributed by atoms with van der Waals surface area (Å²) in [5.41, 5.74) is 1.53. The van der Waals surface area contributed by atoms with Crippen molar-refractivity contribution in [1.29, 1.82) is 0 Å². The van der Waals surface area contributed by atoms with Gasteiger partial charge >= 0.3 is 13.6 Å². The van der Waals surface area contributed by atoms with E-state index in [9.17, 15) is 19.5 Å². The van der Waals surface area contributed by atoms with Gasteiger partial charge in [0.05, 0.1) is 41.0 Å². The molecule has 0 spiro atoms. The second kappa shape index (κ2) is 13.9. The second-order valence-electron chi connectivity index (χ2n) is 9.56. The van der Waals surface area contributed by atoms with Crippen molar-refractivity contribution in [3.8, 4) is 0 Å². The van der Waals surface area contributed by atoms with E-state index in [2.05, 4.69) is 19.2 Å². The molecule has 1 heterocycles. The highest BCUT2D eigenvalue weighted by Gasteiger charge is 2.46. The number of nitro benzene ring substituents is 1. The highest BCUT2D eigenvalue weighted by molar-refractivity contribution is 7.58. The van der Waals surface area contributed by atoms with Gasteiger partial charge in [-0.2, -0.15) is 0 Å². The topological polar surface area (TPSA) is 117 Å². The van der Waals surface area contributed by atoms with Crippen LogP contribution in [0.15, 0.2) is 46.5 Å². The Balaban J connectivity index is 2.75. The lowest BCUT2D eigenvalue weighted by Crippen LogP contribution is -2.30. The highest BCUT2D eigenvalue weighted by Crippen LogP contribution is 2.65. The Labute approximate surface area is 220 Å². The SMILES string of the molecule is CCCCC(C)OP(=O)(OC(C)CCCC)C1=C(C)NC(C)=C(C(=O)OC)C1c1cccc([N+](=O)[O-])c1. The Kier molecular flexibility index (Phi) is 11.5. The van der Waals surface area contributed by atoms with E-state index in [-0.39, 0.29) is 28.8 Å². The Morgan fingerprint density at radius 3 is 2.14 bits per heavy atom. The number of nitro groups is 1. The standard InChI is InChI=1S/C27H41N2O7P/c1-8-10-13-18(3)35-37(33,36-19(4)14-11-9-2)26-21(6)28-20(5)24(27(30)34-7)25(26)22-15-12-16-23(17-22)29(31)32/h12,15-19,25,28H,8-11,13-14H2,1-7H3. The minimum atomic E-state index is -4.01. The van der Waals surface area contributed by atoms with Gasteiger partial charge in [0.25, 0.3) is 5.69 Å². The minimum absolute atomic E-state index is 0.140. The maximum Gasteiger partial charge on any atom is 0.360 e. The molecule has 0 radical (unpaired) electrons. The number of non-ortho nitro benzene ring substituents is 1. The third-order valence-electron chi connectivity index (χ3n) is 6.41. The number of benzene rings is 1. The molecule has 3 atom stereocenters. The van der Waals surface area contributed by atoms with Crippen LogP contribution in [0.25, 0.3) is 0 Å². The average Bonchev–Trinajstić information content (AvgIpc) is 2.85. The molecule has 0 aromatic heterocycles. The molecule has 1 aliphatic heterocycles. The number of carbonyl (C=O) groups is 1. The molecule has 1 aromatic carbocycles. The Hall–Kier alpha value is -2.48. The van der Waals surface area contributed by atoms with Gasteiger partial charge in [0, 0.05) is 23.5 Å². The number of hydrogen-bond acceptors (Lipinski definition) is 8. The fraction of sp³-hybridized carbons (Fsp3) is 0.593. The summed E-state index contributed by atoms with van der Waals surface area (Å²) in [7, 11) is -2.74. The van der Waals surface area contributed by atoms with Gasteiger partial charge in [0.15, 0.2) is 0 Å². The third kappa shape index (κ3) is 7.76. The lowest BCUT2D eigenvalue weighted by Gasteiger charge is -2.36. The smallest absolute Gasteiger partial charge is 0.360 e. The fourth-order valence-electron chi connectivity index (χ4n) is 4.57. The molecule has 0 saturated heterocycles. The first-order valence-corrected chi connectivity index (χ1v) is 14.5. The number of hydrogen-bond donors (Lipinski definition) is 1. The third-order valence-corrected chi connectivity index (χ3v) is 8.86. The van der Waals surface area contributed by atoms with Crippen LogP contribution >= 0.6 is 7.60 Å². The van der Waals surface area contributed by atoms with Gasteiger partial charge in [0.2, 0.25) is 0 Å². The number of nitrogens with zero attached hydrogens (tertiary/aromatic N) is 1. The predicted octanol–water partition coefficient (Wildman–Crippen LogP) is 7.34. The molecule has 0 fully saturated rings. The molecule has 3 unspecified atom stereocenters. The maximum absolute atomic E-state index is 14.8. The highest BCUT2D eigenvalue weighted by atomic mass is 31.2. The summed E-state index contributed by atoms with van der Waals surface area (Å²) in [6.45, 7) is 11.3. The average molecular weight is 537 g/mol. The summed E-state index contributed by atoms with van der Waals surface area (Å²) in [6, 6.07) is 6.00. The van der Waals surface area contributed by atoms with E-state index in [0.29, 0.717) is 29.8 Å². The summed E-state index contributed by atoms with van der Waals surface area (Å²) >= 11 is 0. The molecule has 0 saturated carbocycles. The summed E-state index contributed by atoms with van der Waals surface area (Å²) in [6.07, 6.45) is 4.33. The molecular weight excluding hydrogens is 495 g/mol. The summed E-state index contributed by atoms with van der Waals surface area (Å²) in [5, 5.41) is 15.0. The van der Waals surface area contributed by atoms with Gasteiger partial charge in [-0.3, -0.25) is 14.7 Å². The van der Waals surface area contributed by atoms with Crippen LogP contribution in [0.2, 0.25) is 0 Å². The molecule has 9 nitrogen and oxygen atoms in total. The number of esters is 1. The Bertz CT molecular complexity index is 1060. The summed E-state index contributed by atoms with van der Waals surface area (Å²) in [4.78, 5) is 24.1. The lowest BCUT2D eigenvalue weighted by atomic mass is 9.86. The van der Waals surface area contributed by atoms with Crippen LogP contribution in [-0.4, -0.2) is 30.2 Å². The molecule has 0 amide bonds. The quantitative estimate of drug-likeness (QED) is 0.114. The van der Waals surface area contributed by atoms with Crippen molar-refractivity contribution < 1.29 is 28.1 Å². The number of carbonyl (C=O) groups excluding carboxylic acids is 1. The number of allylic oxidation sites excluding steroid dienone is 3. The Morgan fingerprint density at radius 1 is 1.08 bits per heavy atom. The van der Waals surface area contributed by atoms with E-state index < -0.39 is 24.4 Å². The van der Waals surface area contributed by atoms with Crippen LogP contribution in [0.4, 0.5) is 5.69 Å². The zero-order chi connectivity index (χ0) is 27.8. The molecule has 1 aromatic rings. The lowest BCUT2D eigenvalue weighted by molar-refractivity contribution is -0.384. The molecule has 37 heavy (non-hydrogen) atoms. The van der Waals surface area contributed by atoms with Crippen LogP contribution in [0.3, 0.4) is 0 Å². The number of nitrogens with one attached hydrogen (secondary N) is 1. The van der Waals surface area contributed by atoms with Gasteiger partial charge in [-0.05, 0) is 46.1 Å². The minimum Gasteiger partial charge on any atom is -0.466 e. The van der Waals surface area contributed by atoms with Gasteiger partial charge in [-0.1, -0.05) is 51.7 Å². The van der Waals surface area contributed by atoms with Crippen LogP contribution in [0.1, 0.15) is 91.5 Å². The summed E-state index contributed by atoms with van der Waals surface area (Å²) < 4.78 is 32.4. The molecule has 0 aliphatic carbocycles. The monoisotopic (exact) mass is 536 g/mol. The van der Waals surface area contributed by atoms with E-state index in [1.165, 1.54) is 19.2 Å². The Morgan fingerprint density at radius 2 is 1.65 bits per heavy atom. The largest absolute Gasteiger partial charge is 0.466 e. The molecule has 206 valence electrons. The zero-order valence-corrected chi connectivity index (χ0v) is 23.9. The van der Waals surface area contributed by atoms with E-state index in [1.807, 2.05) is 13.8 Å². The maximum atomic E-state index is 14.8. The van der Waals surface area contributed by atoms with Crippen molar-refractivity contribution in [1.82, 2.24) is 5.32 Å². The molecule has 1 N–H and O–H groups in total. The van der Waals surface area contributed by atoms with Gasteiger partial charge in [-0.15, -0.1) is 0 Å². The molecular formula is C27H41N2O7P. The van der Waals surface area contributed by atoms with Crippen molar-refractivity contribution in [2.45, 2.75) is 98.2 Å². The van der Waals surface area contributed by atoms with Gasteiger partial charge < -0.3 is 19.1 Å². The number of methoxy groups -OCH3 is 1. The van der Waals surface area contributed by atoms with Crippen LogP contribution < -0.4 is 5.32 Å². The van der Waals surface area contributed by atoms with Gasteiger partial charge in [0.1, 0.15) is 0 Å². The number of rotatable bonds is 14. The number of unbranched alkanes of at least 4 members (excludes halogenated alkanes) is 2. The van der Waals surface area contributed by atoms with Crippen molar-refractivity contribution in [2.75, 3.05) is 7.11 Å². The van der Waals surface area contributed by atoms with E-state index in [4.69, 9.17) is 13.8 Å². The van der Waals surface area contributed by atoms with E-state index in [1.54, 1.807) is 26.0 Å². The second-order valence-corrected chi connectivity index (χ2v) is 11.5. The first kappa shape index (κ1) is 30.7. The first-order valence-electron chi connectivity index (χ1n) is 13.0. The van der Waals surface area contributed by atoms with E-state index in [0.717, 1.165) is 25.7 Å². The predicted molar refractivity (Wildman–Crippen MR) is 144 cm³/mol. The van der Waals surface area contributed by atoms with Crippen LogP contribution in [-0.2, 0) is 23.1 Å². The van der Waals surface area contributed by atoms with Gasteiger partial charge in [-0.25, -0.2) is 4.79 Å². The number of ether oxygens (including phenoxy) is 1. The van der Waals surface area contributed by atoms with Crippen molar-refractivity contribution in [2.24, 2.45) is 0 Å². The first-order chi connectivity index (χ1) is 17.5. The van der Waals surface area contributed by atoms with Crippen LogP contribution in [0.5, 0.6) is 0 Å². The van der Waals surface area contributed by atoms with Crippen molar-refractivity contribution >= 4 is 19.3 Å². The zero-order valence-electron chi connectivity index (χ0n) is 23.0. The normalized spacial score (nSPS) is 19.2. The molecule has 0 bridgehead atoms. The van der Waals surface area contributed by atoms with Crippen LogP contribution in [0, 0.1) is 10.1 Å². The molecule has 2 rings (SSSR count). The fourth-order valence-corrected chi connectivity index (χ4v) is 7.07. The number of dihydropyridines is 1. The van der Waals surface area contributed by atoms with Crippen molar-refractivity contribution in [3.63, 3.8) is 0 Å².